The fraction of sp³-hybridized carbons (Fsp3) is 0.538. The Hall–Kier alpha value is -0.930. The Kier molecular flexibility index (Phi) is 3.79. The van der Waals surface area contributed by atoms with E-state index in [1.54, 1.807) is 7.11 Å². The molecule has 3 N–H and O–H groups in total. The van der Waals surface area contributed by atoms with E-state index in [0.717, 1.165) is 24.5 Å². The first kappa shape index (κ1) is 12.5. The number of halogens is 1. The summed E-state index contributed by atoms with van der Waals surface area (Å²) in [5, 5.41) is 4.08. The molecule has 1 saturated carbocycles. The highest BCUT2D eigenvalue weighted by atomic mass is 35.5. The van der Waals surface area contributed by atoms with Crippen LogP contribution in [0.5, 0.6) is 5.75 Å². The molecule has 1 fully saturated rings. The largest absolute Gasteiger partial charge is 0.497 e. The summed E-state index contributed by atoms with van der Waals surface area (Å²) < 4.78 is 5.12. The highest BCUT2D eigenvalue weighted by Gasteiger charge is 2.35. The molecule has 17 heavy (non-hydrogen) atoms. The zero-order valence-electron chi connectivity index (χ0n) is 10.1. The van der Waals surface area contributed by atoms with Crippen LogP contribution in [0.1, 0.15) is 19.3 Å². The topological polar surface area (TPSA) is 47.3 Å². The minimum atomic E-state index is 0.281. The summed E-state index contributed by atoms with van der Waals surface area (Å²) >= 11 is 6.17. The molecule has 4 heteroatoms. The van der Waals surface area contributed by atoms with Gasteiger partial charge in [0, 0.05) is 12.6 Å². The van der Waals surface area contributed by atoms with Crippen molar-refractivity contribution < 1.29 is 4.74 Å². The van der Waals surface area contributed by atoms with Gasteiger partial charge in [-0.25, -0.2) is 0 Å². The molecule has 1 aromatic carbocycles. The van der Waals surface area contributed by atoms with Crippen molar-refractivity contribution in [2.75, 3.05) is 25.5 Å². The Morgan fingerprint density at radius 3 is 2.71 bits per heavy atom. The Labute approximate surface area is 107 Å². The Morgan fingerprint density at radius 1 is 1.47 bits per heavy atom. The second kappa shape index (κ2) is 5.15. The van der Waals surface area contributed by atoms with Crippen molar-refractivity contribution in [3.63, 3.8) is 0 Å². The molecule has 1 aromatic rings. The van der Waals surface area contributed by atoms with Gasteiger partial charge < -0.3 is 15.8 Å². The summed E-state index contributed by atoms with van der Waals surface area (Å²) in [6.07, 6.45) is 3.71. The van der Waals surface area contributed by atoms with Crippen LogP contribution < -0.4 is 15.8 Å². The number of nitrogens with one attached hydrogen (secondary N) is 1. The summed E-state index contributed by atoms with van der Waals surface area (Å²) in [6.45, 7) is 1.64. The van der Waals surface area contributed by atoms with Crippen molar-refractivity contribution in [3.05, 3.63) is 23.2 Å². The first-order chi connectivity index (χ1) is 8.19. The van der Waals surface area contributed by atoms with Crippen LogP contribution in [0.2, 0.25) is 5.02 Å². The van der Waals surface area contributed by atoms with Gasteiger partial charge in [0.25, 0.3) is 0 Å². The van der Waals surface area contributed by atoms with Crippen LogP contribution in [0.25, 0.3) is 0 Å². The number of methoxy groups -OCH3 is 1. The van der Waals surface area contributed by atoms with E-state index in [0.29, 0.717) is 5.02 Å². The third kappa shape index (κ3) is 2.67. The molecule has 3 nitrogen and oxygen atoms in total. The number of rotatable bonds is 5. The van der Waals surface area contributed by atoms with Gasteiger partial charge in [-0.15, -0.1) is 0 Å². The summed E-state index contributed by atoms with van der Waals surface area (Å²) in [5.74, 6) is 0.776. The predicted molar refractivity (Wildman–Crippen MR) is 71.8 cm³/mol. The van der Waals surface area contributed by atoms with Crippen molar-refractivity contribution in [1.82, 2.24) is 0 Å². The molecule has 1 aliphatic rings. The van der Waals surface area contributed by atoms with Gasteiger partial charge in [-0.3, -0.25) is 0 Å². The minimum Gasteiger partial charge on any atom is -0.497 e. The molecule has 94 valence electrons. The SMILES string of the molecule is COc1ccc(NCC2(CN)CCC2)c(Cl)c1. The van der Waals surface area contributed by atoms with E-state index in [1.807, 2.05) is 18.2 Å². The molecule has 0 atom stereocenters. The van der Waals surface area contributed by atoms with Crippen LogP contribution in [-0.2, 0) is 0 Å². The minimum absolute atomic E-state index is 0.281. The highest BCUT2D eigenvalue weighted by molar-refractivity contribution is 6.33. The van der Waals surface area contributed by atoms with E-state index in [2.05, 4.69) is 5.32 Å². The normalized spacial score (nSPS) is 17.4. The molecule has 0 amide bonds. The van der Waals surface area contributed by atoms with E-state index in [4.69, 9.17) is 22.1 Å². The van der Waals surface area contributed by atoms with Gasteiger partial charge in [0.2, 0.25) is 0 Å². The lowest BCUT2D eigenvalue weighted by Gasteiger charge is -2.41. The van der Waals surface area contributed by atoms with Crippen LogP contribution in [0.15, 0.2) is 18.2 Å². The standard InChI is InChI=1S/C13H19ClN2O/c1-17-10-3-4-12(11(14)7-10)16-9-13(8-15)5-2-6-13/h3-4,7,16H,2,5-6,8-9,15H2,1H3. The maximum Gasteiger partial charge on any atom is 0.120 e. The molecular weight excluding hydrogens is 236 g/mol. The van der Waals surface area contributed by atoms with Crippen LogP contribution in [0.4, 0.5) is 5.69 Å². The third-order valence-corrected chi connectivity index (χ3v) is 3.99. The van der Waals surface area contributed by atoms with Crippen molar-refractivity contribution in [1.29, 1.82) is 0 Å². The summed E-state index contributed by atoms with van der Waals surface area (Å²) in [5.41, 5.74) is 7.06. The van der Waals surface area contributed by atoms with Crippen LogP contribution >= 0.6 is 11.6 Å². The van der Waals surface area contributed by atoms with Crippen LogP contribution in [0.3, 0.4) is 0 Å². The predicted octanol–water partition coefficient (Wildman–Crippen LogP) is 2.89. The molecule has 1 aliphatic carbocycles. The van der Waals surface area contributed by atoms with E-state index < -0.39 is 0 Å². The zero-order valence-corrected chi connectivity index (χ0v) is 10.9. The Morgan fingerprint density at radius 2 is 2.24 bits per heavy atom. The van der Waals surface area contributed by atoms with Gasteiger partial charge in [0.05, 0.1) is 17.8 Å². The van der Waals surface area contributed by atoms with Crippen molar-refractivity contribution >= 4 is 17.3 Å². The number of hydrogen-bond donors (Lipinski definition) is 2. The Bertz CT molecular complexity index is 385. The number of hydrogen-bond acceptors (Lipinski definition) is 3. The van der Waals surface area contributed by atoms with Crippen LogP contribution in [-0.4, -0.2) is 20.2 Å². The van der Waals surface area contributed by atoms with Crippen LogP contribution in [0, 0.1) is 5.41 Å². The third-order valence-electron chi connectivity index (χ3n) is 3.68. The Balaban J connectivity index is 1.99. The summed E-state index contributed by atoms with van der Waals surface area (Å²) in [6, 6.07) is 5.67. The summed E-state index contributed by atoms with van der Waals surface area (Å²) in [4.78, 5) is 0. The lowest BCUT2D eigenvalue weighted by Crippen LogP contribution is -2.42. The summed E-state index contributed by atoms with van der Waals surface area (Å²) in [7, 11) is 1.64. The number of anilines is 1. The van der Waals surface area contributed by atoms with E-state index in [-0.39, 0.29) is 5.41 Å². The molecule has 0 spiro atoms. The second-order valence-electron chi connectivity index (χ2n) is 4.76. The van der Waals surface area contributed by atoms with E-state index in [1.165, 1.54) is 19.3 Å². The molecule has 2 rings (SSSR count). The molecule has 0 unspecified atom stereocenters. The van der Waals surface area contributed by atoms with Gasteiger partial charge >= 0.3 is 0 Å². The molecule has 0 aliphatic heterocycles. The average molecular weight is 255 g/mol. The number of benzene rings is 1. The average Bonchev–Trinajstić information content (AvgIpc) is 2.30. The number of ether oxygens (including phenoxy) is 1. The first-order valence-electron chi connectivity index (χ1n) is 5.97. The highest BCUT2D eigenvalue weighted by Crippen LogP contribution is 2.40. The number of nitrogens with two attached hydrogens (primary N) is 1. The molecule has 0 radical (unpaired) electrons. The molecular formula is C13H19ClN2O. The zero-order chi connectivity index (χ0) is 12.3. The monoisotopic (exact) mass is 254 g/mol. The second-order valence-corrected chi connectivity index (χ2v) is 5.16. The van der Waals surface area contributed by atoms with Crippen molar-refractivity contribution in [2.45, 2.75) is 19.3 Å². The molecule has 0 heterocycles. The van der Waals surface area contributed by atoms with Crippen molar-refractivity contribution in [2.24, 2.45) is 11.1 Å². The lowest BCUT2D eigenvalue weighted by atomic mass is 9.69. The fourth-order valence-electron chi connectivity index (χ4n) is 2.18. The van der Waals surface area contributed by atoms with Crippen molar-refractivity contribution in [3.8, 4) is 5.75 Å². The maximum atomic E-state index is 6.17. The molecule has 0 saturated heterocycles. The lowest BCUT2D eigenvalue weighted by molar-refractivity contribution is 0.163. The van der Waals surface area contributed by atoms with Gasteiger partial charge in [-0.2, -0.15) is 0 Å². The van der Waals surface area contributed by atoms with Gasteiger partial charge in [0.15, 0.2) is 0 Å². The quantitative estimate of drug-likeness (QED) is 0.850. The smallest absolute Gasteiger partial charge is 0.120 e. The maximum absolute atomic E-state index is 6.17. The van der Waals surface area contributed by atoms with Gasteiger partial charge in [-0.05, 0) is 36.9 Å². The molecule has 0 bridgehead atoms. The van der Waals surface area contributed by atoms with Gasteiger partial charge in [-0.1, -0.05) is 18.0 Å². The van der Waals surface area contributed by atoms with E-state index in [9.17, 15) is 0 Å². The van der Waals surface area contributed by atoms with Gasteiger partial charge in [0.1, 0.15) is 5.75 Å². The first-order valence-corrected chi connectivity index (χ1v) is 6.34. The molecule has 0 aromatic heterocycles. The van der Waals surface area contributed by atoms with E-state index >= 15 is 0 Å². The fourth-order valence-corrected chi connectivity index (χ4v) is 2.42.